The van der Waals surface area contributed by atoms with Gasteiger partial charge in [0.05, 0.1) is 5.69 Å². The number of hydrogen-bond acceptors (Lipinski definition) is 4. The fourth-order valence-electron chi connectivity index (χ4n) is 4.97. The van der Waals surface area contributed by atoms with E-state index in [1.54, 1.807) is 4.90 Å². The molecule has 1 aromatic heterocycles. The van der Waals surface area contributed by atoms with Gasteiger partial charge in [0.1, 0.15) is 11.7 Å². The maximum Gasteiger partial charge on any atom is 0.238 e. The Morgan fingerprint density at radius 1 is 1.34 bits per heavy atom. The monoisotopic (exact) mass is 396 g/mol. The summed E-state index contributed by atoms with van der Waals surface area (Å²) >= 11 is 0. The first-order valence-corrected chi connectivity index (χ1v) is 10.1. The average molecular weight is 396 g/mol. The van der Waals surface area contributed by atoms with Crippen molar-refractivity contribution in [1.82, 2.24) is 14.7 Å². The Balaban J connectivity index is 1.60. The quantitative estimate of drug-likeness (QED) is 0.785. The van der Waals surface area contributed by atoms with E-state index >= 15 is 0 Å². The van der Waals surface area contributed by atoms with Crippen LogP contribution in [0.4, 0.5) is 0 Å². The van der Waals surface area contributed by atoms with Crippen LogP contribution in [-0.2, 0) is 23.1 Å². The van der Waals surface area contributed by atoms with Crippen LogP contribution in [0.15, 0.2) is 24.3 Å². The summed E-state index contributed by atoms with van der Waals surface area (Å²) in [6.45, 7) is 6.50. The molecule has 0 radical (unpaired) electrons. The SMILES string of the molecule is Cc1nn(C)c(C)c1CCCN1C(=O)[C@H](C(N)=O)[C@H]2C[C@@]1(C)Oc1ccccc12. The van der Waals surface area contributed by atoms with Gasteiger partial charge in [0.15, 0.2) is 5.72 Å². The molecule has 0 spiro atoms. The molecular weight excluding hydrogens is 368 g/mol. The van der Waals surface area contributed by atoms with Gasteiger partial charge in [-0.05, 0) is 50.8 Å². The molecule has 4 rings (SSSR count). The number of piperidine rings is 1. The molecule has 29 heavy (non-hydrogen) atoms. The molecule has 3 heterocycles. The number of benzene rings is 1. The Morgan fingerprint density at radius 2 is 2.07 bits per heavy atom. The second-order valence-corrected chi connectivity index (χ2v) is 8.37. The number of fused-ring (bicyclic) bond motifs is 4. The molecule has 2 N–H and O–H groups in total. The summed E-state index contributed by atoms with van der Waals surface area (Å²) in [6.07, 6.45) is 2.14. The van der Waals surface area contributed by atoms with E-state index < -0.39 is 17.6 Å². The van der Waals surface area contributed by atoms with Crippen LogP contribution in [0.25, 0.3) is 0 Å². The van der Waals surface area contributed by atoms with Gasteiger partial charge < -0.3 is 15.4 Å². The minimum absolute atomic E-state index is 0.231. The van der Waals surface area contributed by atoms with Crippen molar-refractivity contribution in [3.8, 4) is 5.75 Å². The molecule has 0 unspecified atom stereocenters. The van der Waals surface area contributed by atoms with Crippen molar-refractivity contribution in [3.05, 3.63) is 46.8 Å². The van der Waals surface area contributed by atoms with Crippen LogP contribution in [0.1, 0.15) is 48.2 Å². The van der Waals surface area contributed by atoms with Crippen molar-refractivity contribution in [2.75, 3.05) is 6.54 Å². The van der Waals surface area contributed by atoms with Gasteiger partial charge in [-0.25, -0.2) is 0 Å². The number of carbonyl (C=O) groups excluding carboxylic acids is 2. The number of likely N-dealkylation sites (tertiary alicyclic amines) is 1. The summed E-state index contributed by atoms with van der Waals surface area (Å²) in [5, 5.41) is 4.47. The normalized spacial score (nSPS) is 25.5. The minimum atomic E-state index is -0.852. The molecule has 1 saturated heterocycles. The Labute approximate surface area is 170 Å². The van der Waals surface area contributed by atoms with Crippen molar-refractivity contribution in [2.24, 2.45) is 18.7 Å². The lowest BCUT2D eigenvalue weighted by atomic mass is 9.73. The minimum Gasteiger partial charge on any atom is -0.468 e. The summed E-state index contributed by atoms with van der Waals surface area (Å²) in [5.74, 6) is -1.16. The summed E-state index contributed by atoms with van der Waals surface area (Å²) in [7, 11) is 1.94. The number of rotatable bonds is 5. The maximum absolute atomic E-state index is 13.3. The van der Waals surface area contributed by atoms with Gasteiger partial charge >= 0.3 is 0 Å². The Morgan fingerprint density at radius 3 is 2.72 bits per heavy atom. The number of hydrogen-bond donors (Lipinski definition) is 1. The number of aryl methyl sites for hydroxylation is 2. The van der Waals surface area contributed by atoms with Crippen LogP contribution >= 0.6 is 0 Å². The van der Waals surface area contributed by atoms with Crippen LogP contribution in [0.5, 0.6) is 5.75 Å². The number of nitrogens with zero attached hydrogens (tertiary/aromatic N) is 3. The number of carbonyl (C=O) groups is 2. The third-order valence-electron chi connectivity index (χ3n) is 6.53. The number of aromatic nitrogens is 2. The summed E-state index contributed by atoms with van der Waals surface area (Å²) in [4.78, 5) is 27.3. The topological polar surface area (TPSA) is 90.5 Å². The van der Waals surface area contributed by atoms with E-state index in [0.717, 1.165) is 35.5 Å². The Kier molecular flexibility index (Phi) is 4.63. The first-order valence-electron chi connectivity index (χ1n) is 10.1. The predicted molar refractivity (Wildman–Crippen MR) is 108 cm³/mol. The van der Waals surface area contributed by atoms with Crippen molar-refractivity contribution in [3.63, 3.8) is 0 Å². The largest absolute Gasteiger partial charge is 0.468 e. The lowest BCUT2D eigenvalue weighted by Crippen LogP contribution is -2.64. The highest BCUT2D eigenvalue weighted by Gasteiger charge is 2.55. The molecule has 0 aliphatic carbocycles. The molecule has 2 amide bonds. The van der Waals surface area contributed by atoms with E-state index in [2.05, 4.69) is 12.0 Å². The van der Waals surface area contributed by atoms with E-state index in [-0.39, 0.29) is 11.8 Å². The second kappa shape index (κ2) is 6.90. The zero-order chi connectivity index (χ0) is 20.9. The Hall–Kier alpha value is -2.83. The van der Waals surface area contributed by atoms with E-state index in [0.29, 0.717) is 13.0 Å². The highest BCUT2D eigenvalue weighted by Crippen LogP contribution is 2.50. The first-order chi connectivity index (χ1) is 13.7. The van der Waals surface area contributed by atoms with Gasteiger partial charge in [0.25, 0.3) is 0 Å². The van der Waals surface area contributed by atoms with Crippen molar-refractivity contribution in [1.29, 1.82) is 0 Å². The average Bonchev–Trinajstić information content (AvgIpc) is 2.89. The first kappa shape index (κ1) is 19.5. The standard InChI is InChI=1S/C22H28N4O3/c1-13-15(14(2)25(4)24-13)9-7-11-26-21(28)19(20(23)27)17-12-22(26,3)29-18-10-6-5-8-16(17)18/h5-6,8,10,17,19H,7,9,11-12H2,1-4H3,(H2,23,27)/t17-,19-,22+/m0/s1. The van der Waals surface area contributed by atoms with Gasteiger partial charge in [0.2, 0.25) is 11.8 Å². The molecule has 2 aliphatic rings. The smallest absolute Gasteiger partial charge is 0.238 e. The molecule has 3 atom stereocenters. The molecule has 2 aromatic rings. The van der Waals surface area contributed by atoms with Gasteiger partial charge in [-0.15, -0.1) is 0 Å². The maximum atomic E-state index is 13.3. The Bertz CT molecular complexity index is 982. The number of ether oxygens (including phenoxy) is 1. The number of amides is 2. The second-order valence-electron chi connectivity index (χ2n) is 8.37. The lowest BCUT2D eigenvalue weighted by Gasteiger charge is -2.52. The highest BCUT2D eigenvalue weighted by molar-refractivity contribution is 6.01. The van der Waals surface area contributed by atoms with E-state index in [1.807, 2.05) is 49.8 Å². The molecule has 2 bridgehead atoms. The number of para-hydroxylation sites is 1. The van der Waals surface area contributed by atoms with Crippen LogP contribution in [-0.4, -0.2) is 38.8 Å². The molecule has 0 saturated carbocycles. The van der Waals surface area contributed by atoms with E-state index in [9.17, 15) is 9.59 Å². The predicted octanol–water partition coefficient (Wildman–Crippen LogP) is 2.20. The van der Waals surface area contributed by atoms with Gasteiger partial charge in [0, 0.05) is 31.6 Å². The van der Waals surface area contributed by atoms with Crippen LogP contribution < -0.4 is 10.5 Å². The van der Waals surface area contributed by atoms with Gasteiger partial charge in [-0.1, -0.05) is 18.2 Å². The van der Waals surface area contributed by atoms with Crippen molar-refractivity contribution < 1.29 is 14.3 Å². The molecular formula is C22H28N4O3. The van der Waals surface area contributed by atoms with Gasteiger partial charge in [-0.2, -0.15) is 5.10 Å². The highest BCUT2D eigenvalue weighted by atomic mass is 16.5. The zero-order valence-electron chi connectivity index (χ0n) is 17.4. The number of primary amides is 1. The van der Waals surface area contributed by atoms with Crippen LogP contribution in [0, 0.1) is 19.8 Å². The van der Waals surface area contributed by atoms with E-state index in [1.165, 1.54) is 5.56 Å². The van der Waals surface area contributed by atoms with Crippen LogP contribution in [0.3, 0.4) is 0 Å². The van der Waals surface area contributed by atoms with Crippen LogP contribution in [0.2, 0.25) is 0 Å². The molecule has 2 aliphatic heterocycles. The fourth-order valence-corrected chi connectivity index (χ4v) is 4.97. The third kappa shape index (κ3) is 3.09. The molecule has 7 nitrogen and oxygen atoms in total. The van der Waals surface area contributed by atoms with E-state index in [4.69, 9.17) is 10.5 Å². The van der Waals surface area contributed by atoms with Crippen molar-refractivity contribution >= 4 is 11.8 Å². The third-order valence-corrected chi connectivity index (χ3v) is 6.53. The lowest BCUT2D eigenvalue weighted by molar-refractivity contribution is -0.175. The molecule has 7 heteroatoms. The summed E-state index contributed by atoms with van der Waals surface area (Å²) < 4.78 is 8.17. The summed E-state index contributed by atoms with van der Waals surface area (Å²) in [5.41, 5.74) is 9.15. The van der Waals surface area contributed by atoms with Crippen molar-refractivity contribution in [2.45, 2.75) is 51.7 Å². The summed E-state index contributed by atoms with van der Waals surface area (Å²) in [6, 6.07) is 7.63. The number of nitrogens with two attached hydrogens (primary N) is 1. The molecule has 154 valence electrons. The van der Waals surface area contributed by atoms with Gasteiger partial charge in [-0.3, -0.25) is 14.3 Å². The zero-order valence-corrected chi connectivity index (χ0v) is 17.4. The molecule has 1 fully saturated rings. The fraction of sp³-hybridized carbons (Fsp3) is 0.500. The molecule has 1 aromatic carbocycles.